The number of alkyl halides is 3. The Morgan fingerprint density at radius 1 is 1.21 bits per heavy atom. The van der Waals surface area contributed by atoms with Gasteiger partial charge in [-0.1, -0.05) is 19.8 Å². The SMILES string of the molecule is CCCCCOCC(=O)Nc1ccc(-n2ncc(C(=O)O)c2C(F)(F)F)cc1. The summed E-state index contributed by atoms with van der Waals surface area (Å²) in [5.74, 6) is -2.10. The normalized spacial score (nSPS) is 11.4. The van der Waals surface area contributed by atoms with Gasteiger partial charge in [0.1, 0.15) is 12.2 Å². The van der Waals surface area contributed by atoms with E-state index in [0.717, 1.165) is 19.3 Å². The van der Waals surface area contributed by atoms with Crippen LogP contribution in [0.3, 0.4) is 0 Å². The first-order valence-electron chi connectivity index (χ1n) is 8.60. The lowest BCUT2D eigenvalue weighted by Gasteiger charge is -2.12. The molecule has 152 valence electrons. The summed E-state index contributed by atoms with van der Waals surface area (Å²) in [6, 6.07) is 5.39. The highest BCUT2D eigenvalue weighted by atomic mass is 19.4. The van der Waals surface area contributed by atoms with Crippen LogP contribution in [0.25, 0.3) is 5.69 Å². The highest BCUT2D eigenvalue weighted by Gasteiger charge is 2.40. The summed E-state index contributed by atoms with van der Waals surface area (Å²) in [5.41, 5.74) is -1.94. The number of carboxylic acid groups (broad SMARTS) is 1. The molecule has 7 nitrogen and oxygen atoms in total. The zero-order chi connectivity index (χ0) is 20.7. The number of aromatic carboxylic acids is 1. The molecule has 0 fully saturated rings. The van der Waals surface area contributed by atoms with Gasteiger partial charge in [0.15, 0.2) is 5.69 Å². The molecule has 0 aliphatic carbocycles. The van der Waals surface area contributed by atoms with Crippen LogP contribution in [0.15, 0.2) is 30.5 Å². The zero-order valence-corrected chi connectivity index (χ0v) is 15.1. The summed E-state index contributed by atoms with van der Waals surface area (Å²) in [6.07, 6.45) is -1.33. The van der Waals surface area contributed by atoms with Crippen LogP contribution >= 0.6 is 0 Å². The van der Waals surface area contributed by atoms with E-state index >= 15 is 0 Å². The molecule has 2 rings (SSSR count). The predicted octanol–water partition coefficient (Wildman–Crippen LogP) is 3.73. The average molecular weight is 399 g/mol. The Balaban J connectivity index is 2.07. The number of carbonyl (C=O) groups excluding carboxylic acids is 1. The Labute approximate surface area is 159 Å². The van der Waals surface area contributed by atoms with Crippen molar-refractivity contribution in [2.24, 2.45) is 0 Å². The van der Waals surface area contributed by atoms with E-state index in [1.807, 2.05) is 0 Å². The number of unbranched alkanes of at least 4 members (excludes halogenated alkanes) is 2. The average Bonchev–Trinajstić information content (AvgIpc) is 3.08. The number of nitrogens with one attached hydrogen (secondary N) is 1. The molecule has 0 saturated carbocycles. The fourth-order valence-electron chi connectivity index (χ4n) is 2.48. The van der Waals surface area contributed by atoms with Gasteiger partial charge in [-0.05, 0) is 30.7 Å². The minimum Gasteiger partial charge on any atom is -0.478 e. The van der Waals surface area contributed by atoms with Gasteiger partial charge in [0.25, 0.3) is 0 Å². The first kappa shape index (κ1) is 21.4. The summed E-state index contributed by atoms with van der Waals surface area (Å²) in [7, 11) is 0. The largest absolute Gasteiger partial charge is 0.478 e. The molecule has 0 unspecified atom stereocenters. The van der Waals surface area contributed by atoms with Crippen molar-refractivity contribution in [1.82, 2.24) is 9.78 Å². The molecule has 1 heterocycles. The summed E-state index contributed by atoms with van der Waals surface area (Å²) >= 11 is 0. The van der Waals surface area contributed by atoms with Crippen molar-refractivity contribution in [2.45, 2.75) is 32.4 Å². The van der Waals surface area contributed by atoms with Gasteiger partial charge in [0.05, 0.1) is 11.9 Å². The minimum atomic E-state index is -4.90. The van der Waals surface area contributed by atoms with E-state index in [2.05, 4.69) is 17.3 Å². The maximum Gasteiger partial charge on any atom is 0.434 e. The quantitative estimate of drug-likeness (QED) is 0.627. The topological polar surface area (TPSA) is 93.5 Å². The van der Waals surface area contributed by atoms with Crippen molar-refractivity contribution in [3.8, 4) is 5.69 Å². The van der Waals surface area contributed by atoms with E-state index < -0.39 is 23.4 Å². The molecule has 0 atom stereocenters. The lowest BCUT2D eigenvalue weighted by Crippen LogP contribution is -2.19. The first-order valence-corrected chi connectivity index (χ1v) is 8.60. The maximum atomic E-state index is 13.2. The second-order valence-corrected chi connectivity index (χ2v) is 5.98. The van der Waals surface area contributed by atoms with Gasteiger partial charge >= 0.3 is 12.1 Å². The van der Waals surface area contributed by atoms with Gasteiger partial charge in [-0.3, -0.25) is 4.79 Å². The Kier molecular flexibility index (Phi) is 7.16. The number of nitrogens with zero attached hydrogens (tertiary/aromatic N) is 2. The van der Waals surface area contributed by atoms with Crippen molar-refractivity contribution in [2.75, 3.05) is 18.5 Å². The molecule has 1 aromatic carbocycles. The standard InChI is InChI=1S/C18H20F3N3O4/c1-2-3-4-9-28-11-15(25)23-12-5-7-13(8-6-12)24-16(18(19,20)21)14(10-22-24)17(26)27/h5-8,10H,2-4,9,11H2,1H3,(H,23,25)(H,26,27). The molecular formula is C18H20F3N3O4. The van der Waals surface area contributed by atoms with Crippen LogP contribution in [0.2, 0.25) is 0 Å². The van der Waals surface area contributed by atoms with Crippen LogP contribution in [0.1, 0.15) is 42.2 Å². The van der Waals surface area contributed by atoms with Crippen LogP contribution in [-0.4, -0.2) is 40.0 Å². The molecule has 0 saturated heterocycles. The summed E-state index contributed by atoms with van der Waals surface area (Å²) in [5, 5.41) is 15.0. The summed E-state index contributed by atoms with van der Waals surface area (Å²) < 4.78 is 45.5. The fourth-order valence-corrected chi connectivity index (χ4v) is 2.48. The number of anilines is 1. The summed E-state index contributed by atoms with van der Waals surface area (Å²) in [6.45, 7) is 2.41. The van der Waals surface area contributed by atoms with Crippen LogP contribution in [0.5, 0.6) is 0 Å². The molecule has 0 spiro atoms. The maximum absolute atomic E-state index is 13.2. The second kappa shape index (κ2) is 9.36. The van der Waals surface area contributed by atoms with Crippen molar-refractivity contribution < 1.29 is 32.6 Å². The number of amides is 1. The van der Waals surface area contributed by atoms with Gasteiger partial charge in [-0.25, -0.2) is 9.48 Å². The smallest absolute Gasteiger partial charge is 0.434 e. The number of carbonyl (C=O) groups is 2. The molecule has 0 bridgehead atoms. The number of benzene rings is 1. The number of hydrogen-bond donors (Lipinski definition) is 2. The minimum absolute atomic E-state index is 0.00800. The highest BCUT2D eigenvalue weighted by Crippen LogP contribution is 2.33. The van der Waals surface area contributed by atoms with Crippen LogP contribution < -0.4 is 5.32 Å². The van der Waals surface area contributed by atoms with Gasteiger partial charge in [0, 0.05) is 12.3 Å². The predicted molar refractivity (Wildman–Crippen MR) is 94.5 cm³/mol. The van der Waals surface area contributed by atoms with Gasteiger partial charge < -0.3 is 15.2 Å². The van der Waals surface area contributed by atoms with Crippen molar-refractivity contribution >= 4 is 17.6 Å². The summed E-state index contributed by atoms with van der Waals surface area (Å²) in [4.78, 5) is 22.8. The Morgan fingerprint density at radius 3 is 2.46 bits per heavy atom. The van der Waals surface area contributed by atoms with E-state index in [9.17, 15) is 22.8 Å². The molecular weight excluding hydrogens is 379 g/mol. The molecule has 2 aromatic rings. The number of halogens is 3. The highest BCUT2D eigenvalue weighted by molar-refractivity contribution is 5.91. The van der Waals surface area contributed by atoms with Crippen LogP contribution in [0.4, 0.5) is 18.9 Å². The van der Waals surface area contributed by atoms with Gasteiger partial charge in [-0.15, -0.1) is 0 Å². The number of rotatable bonds is 9. The fraction of sp³-hybridized carbons (Fsp3) is 0.389. The van der Waals surface area contributed by atoms with Crippen molar-refractivity contribution in [3.63, 3.8) is 0 Å². The lowest BCUT2D eigenvalue weighted by molar-refractivity contribution is -0.143. The molecule has 1 aromatic heterocycles. The Bertz CT molecular complexity index is 816. The number of carboxylic acids is 1. The zero-order valence-electron chi connectivity index (χ0n) is 15.1. The molecule has 2 N–H and O–H groups in total. The third-order valence-electron chi connectivity index (χ3n) is 3.79. The van der Waals surface area contributed by atoms with E-state index in [1.165, 1.54) is 24.3 Å². The third kappa shape index (κ3) is 5.56. The Morgan fingerprint density at radius 2 is 1.89 bits per heavy atom. The monoisotopic (exact) mass is 399 g/mol. The Hall–Kier alpha value is -2.88. The third-order valence-corrected chi connectivity index (χ3v) is 3.79. The van der Waals surface area contributed by atoms with Crippen molar-refractivity contribution in [1.29, 1.82) is 0 Å². The van der Waals surface area contributed by atoms with Crippen molar-refractivity contribution in [3.05, 3.63) is 41.7 Å². The molecule has 0 aliphatic rings. The number of aromatic nitrogens is 2. The van der Waals surface area contributed by atoms with Gasteiger partial charge in [-0.2, -0.15) is 18.3 Å². The van der Waals surface area contributed by atoms with Gasteiger partial charge in [0.2, 0.25) is 5.91 Å². The molecule has 1 amide bonds. The van der Waals surface area contributed by atoms with E-state index in [-0.39, 0.29) is 18.2 Å². The number of ether oxygens (including phenoxy) is 1. The second-order valence-electron chi connectivity index (χ2n) is 5.98. The van der Waals surface area contributed by atoms with E-state index in [4.69, 9.17) is 9.84 Å². The van der Waals surface area contributed by atoms with E-state index in [0.29, 0.717) is 23.2 Å². The van der Waals surface area contributed by atoms with E-state index in [1.54, 1.807) is 0 Å². The lowest BCUT2D eigenvalue weighted by atomic mass is 10.2. The van der Waals surface area contributed by atoms with Crippen LogP contribution in [-0.2, 0) is 15.7 Å². The van der Waals surface area contributed by atoms with Crippen LogP contribution in [0, 0.1) is 0 Å². The molecule has 0 aliphatic heterocycles. The first-order chi connectivity index (χ1) is 13.2. The number of hydrogen-bond acceptors (Lipinski definition) is 4. The molecule has 10 heteroatoms. The molecule has 0 radical (unpaired) electrons. The molecule has 28 heavy (non-hydrogen) atoms.